The van der Waals surface area contributed by atoms with E-state index in [-0.39, 0.29) is 5.92 Å². The van der Waals surface area contributed by atoms with Crippen LogP contribution in [0.4, 0.5) is 0 Å². The van der Waals surface area contributed by atoms with Crippen LogP contribution in [0.1, 0.15) is 36.3 Å². The normalized spacial score (nSPS) is 20.9. The van der Waals surface area contributed by atoms with Crippen LogP contribution in [0.2, 0.25) is 0 Å². The number of hydrogen-bond acceptors (Lipinski definition) is 8. The Morgan fingerprint density at radius 2 is 1.52 bits per heavy atom. The van der Waals surface area contributed by atoms with E-state index in [2.05, 4.69) is 16.6 Å². The predicted molar refractivity (Wildman–Crippen MR) is 110 cm³/mol. The molecule has 0 aromatic heterocycles. The van der Waals surface area contributed by atoms with Gasteiger partial charge in [0.05, 0.1) is 0 Å². The van der Waals surface area contributed by atoms with E-state index in [1.54, 1.807) is 0 Å². The second-order valence-electron chi connectivity index (χ2n) is 6.86. The van der Waals surface area contributed by atoms with E-state index >= 15 is 0 Å². The predicted octanol–water partition coefficient (Wildman–Crippen LogP) is 3.01. The number of terminal acetylenes is 2. The van der Waals surface area contributed by atoms with Gasteiger partial charge in [0.2, 0.25) is 11.5 Å². The van der Waals surface area contributed by atoms with Crippen molar-refractivity contribution in [2.45, 2.75) is 44.3 Å². The highest BCUT2D eigenvalue weighted by molar-refractivity contribution is 5.89. The fourth-order valence-electron chi connectivity index (χ4n) is 2.99. The summed E-state index contributed by atoms with van der Waals surface area (Å²) in [5.41, 5.74) is 1.94. The molecule has 3 unspecified atom stereocenters. The number of aliphatic hydroxyl groups is 4. The number of rotatable bonds is 5. The van der Waals surface area contributed by atoms with Gasteiger partial charge in [0.25, 0.3) is 0 Å². The maximum absolute atomic E-state index is 11.2. The molecule has 0 saturated carbocycles. The molecule has 8 heteroatoms. The highest BCUT2D eigenvalue weighted by atomic mass is 16.6. The second kappa shape index (κ2) is 10.1. The average molecular weight is 426 g/mol. The Labute approximate surface area is 179 Å². The van der Waals surface area contributed by atoms with Gasteiger partial charge in [0, 0.05) is 25.2 Å². The van der Waals surface area contributed by atoms with Crippen LogP contribution in [0.25, 0.3) is 0 Å². The smallest absolute Gasteiger partial charge is 0.377 e. The SMILES string of the molecule is C#CCC(c1ccc(C)cc1)C1OC(=O)C(O)=C1O.C#CCCC1OC(=O)C(O)=C1O. The van der Waals surface area contributed by atoms with Gasteiger partial charge in [0.1, 0.15) is 0 Å². The molecule has 2 heterocycles. The highest BCUT2D eigenvalue weighted by Gasteiger charge is 2.40. The standard InChI is InChI=1S/C15H14O4.C8H8O4/c1-3-4-11(10-7-5-9(2)6-8-10)14-12(16)13(17)15(18)19-14;1-2-3-4-5-6(9)7(10)8(11)12-5/h1,5-8,11,14,16-17H,4H2,2H3;1,5,9-10H,3-4H2. The van der Waals surface area contributed by atoms with Gasteiger partial charge in [-0.05, 0) is 12.5 Å². The molecule has 0 radical (unpaired) electrons. The molecule has 1 aromatic rings. The summed E-state index contributed by atoms with van der Waals surface area (Å²) in [5.74, 6) is 0.328. The molecular formula is C23H22O8. The van der Waals surface area contributed by atoms with Crippen molar-refractivity contribution in [2.24, 2.45) is 0 Å². The first-order chi connectivity index (χ1) is 14.7. The summed E-state index contributed by atoms with van der Waals surface area (Å²) in [7, 11) is 0. The molecular weight excluding hydrogens is 404 g/mol. The van der Waals surface area contributed by atoms with Crippen molar-refractivity contribution in [1.29, 1.82) is 0 Å². The van der Waals surface area contributed by atoms with Gasteiger partial charge in [-0.25, -0.2) is 9.59 Å². The Morgan fingerprint density at radius 1 is 0.935 bits per heavy atom. The van der Waals surface area contributed by atoms with Crippen molar-refractivity contribution >= 4 is 11.9 Å². The average Bonchev–Trinajstić information content (AvgIpc) is 3.15. The highest BCUT2D eigenvalue weighted by Crippen LogP contribution is 2.34. The molecule has 3 rings (SSSR count). The zero-order chi connectivity index (χ0) is 23.1. The number of carbonyl (C=O) groups excluding carboxylic acids is 2. The number of hydrogen-bond donors (Lipinski definition) is 4. The molecule has 0 spiro atoms. The van der Waals surface area contributed by atoms with Crippen LogP contribution in [0.3, 0.4) is 0 Å². The van der Waals surface area contributed by atoms with Crippen LogP contribution in [-0.2, 0) is 19.1 Å². The van der Waals surface area contributed by atoms with Crippen molar-refractivity contribution in [3.63, 3.8) is 0 Å². The van der Waals surface area contributed by atoms with Gasteiger partial charge >= 0.3 is 11.9 Å². The first kappa shape index (κ1) is 23.2. The largest absolute Gasteiger partial charge is 0.505 e. The molecule has 2 aliphatic heterocycles. The number of ether oxygens (including phenoxy) is 2. The lowest BCUT2D eigenvalue weighted by Gasteiger charge is -2.21. The topological polar surface area (TPSA) is 134 Å². The Hall–Kier alpha value is -4.04. The lowest BCUT2D eigenvalue weighted by atomic mass is 9.89. The third-order valence-electron chi connectivity index (χ3n) is 4.69. The van der Waals surface area contributed by atoms with Gasteiger partial charge in [-0.15, -0.1) is 24.7 Å². The first-order valence-electron chi connectivity index (χ1n) is 9.30. The summed E-state index contributed by atoms with van der Waals surface area (Å²) >= 11 is 0. The number of benzene rings is 1. The van der Waals surface area contributed by atoms with E-state index in [4.69, 9.17) is 27.8 Å². The molecule has 2 aliphatic rings. The van der Waals surface area contributed by atoms with E-state index < -0.39 is 47.2 Å². The molecule has 8 nitrogen and oxygen atoms in total. The van der Waals surface area contributed by atoms with Crippen molar-refractivity contribution in [1.82, 2.24) is 0 Å². The van der Waals surface area contributed by atoms with Gasteiger partial charge in [-0.2, -0.15) is 0 Å². The number of aryl methyl sites for hydroxylation is 1. The molecule has 0 fully saturated rings. The van der Waals surface area contributed by atoms with Crippen LogP contribution in [0.5, 0.6) is 0 Å². The minimum atomic E-state index is -0.925. The quantitative estimate of drug-likeness (QED) is 0.417. The lowest BCUT2D eigenvalue weighted by molar-refractivity contribution is -0.143. The maximum atomic E-state index is 11.2. The van der Waals surface area contributed by atoms with Crippen LogP contribution in [0, 0.1) is 31.6 Å². The molecule has 0 bridgehead atoms. The second-order valence-corrected chi connectivity index (χ2v) is 6.86. The molecule has 0 amide bonds. The Bertz CT molecular complexity index is 988. The summed E-state index contributed by atoms with van der Waals surface area (Å²) in [5, 5.41) is 37.0. The monoisotopic (exact) mass is 426 g/mol. The third kappa shape index (κ3) is 5.31. The zero-order valence-electron chi connectivity index (χ0n) is 16.7. The van der Waals surface area contributed by atoms with E-state index in [0.29, 0.717) is 19.3 Å². The van der Waals surface area contributed by atoms with E-state index in [0.717, 1.165) is 11.1 Å². The molecule has 1 aromatic carbocycles. The van der Waals surface area contributed by atoms with Crippen LogP contribution in [0.15, 0.2) is 47.3 Å². The summed E-state index contributed by atoms with van der Waals surface area (Å²) in [6, 6.07) is 7.56. The molecule has 3 atom stereocenters. The minimum Gasteiger partial charge on any atom is -0.505 e. The van der Waals surface area contributed by atoms with Crippen molar-refractivity contribution < 1.29 is 39.5 Å². The van der Waals surface area contributed by atoms with E-state index in [1.165, 1.54) is 0 Å². The maximum Gasteiger partial charge on any atom is 0.377 e. The van der Waals surface area contributed by atoms with Crippen LogP contribution < -0.4 is 0 Å². The van der Waals surface area contributed by atoms with Crippen molar-refractivity contribution in [2.75, 3.05) is 0 Å². The summed E-state index contributed by atoms with van der Waals surface area (Å²) in [6.07, 6.45) is 9.61. The molecule has 0 aliphatic carbocycles. The third-order valence-corrected chi connectivity index (χ3v) is 4.69. The number of carbonyl (C=O) groups is 2. The minimum absolute atomic E-state index is 0.290. The Morgan fingerprint density at radius 3 is 1.97 bits per heavy atom. The number of aliphatic hydroxyl groups excluding tert-OH is 4. The molecule has 162 valence electrons. The van der Waals surface area contributed by atoms with E-state index in [1.807, 2.05) is 31.2 Å². The van der Waals surface area contributed by atoms with Gasteiger partial charge in [-0.1, -0.05) is 29.8 Å². The molecule has 0 saturated heterocycles. The van der Waals surface area contributed by atoms with Gasteiger partial charge < -0.3 is 29.9 Å². The number of cyclic esters (lactones) is 2. The Balaban J connectivity index is 0.000000245. The number of esters is 2. The van der Waals surface area contributed by atoms with Crippen molar-refractivity contribution in [3.8, 4) is 24.7 Å². The molecule has 31 heavy (non-hydrogen) atoms. The van der Waals surface area contributed by atoms with Gasteiger partial charge in [0.15, 0.2) is 23.7 Å². The fraction of sp³-hybridized carbons (Fsp3) is 0.304. The Kier molecular flexibility index (Phi) is 7.59. The summed E-state index contributed by atoms with van der Waals surface area (Å²) < 4.78 is 9.56. The van der Waals surface area contributed by atoms with Gasteiger partial charge in [-0.3, -0.25) is 0 Å². The zero-order valence-corrected chi connectivity index (χ0v) is 16.7. The summed E-state index contributed by atoms with van der Waals surface area (Å²) in [6.45, 7) is 1.96. The van der Waals surface area contributed by atoms with E-state index in [9.17, 15) is 19.8 Å². The summed E-state index contributed by atoms with van der Waals surface area (Å²) in [4.78, 5) is 21.9. The van der Waals surface area contributed by atoms with Crippen LogP contribution in [-0.4, -0.2) is 44.6 Å². The first-order valence-corrected chi connectivity index (χ1v) is 9.30. The van der Waals surface area contributed by atoms with Crippen LogP contribution >= 0.6 is 0 Å². The lowest BCUT2D eigenvalue weighted by Crippen LogP contribution is -2.21. The fourth-order valence-corrected chi connectivity index (χ4v) is 2.99. The molecule has 4 N–H and O–H groups in total. The van der Waals surface area contributed by atoms with Crippen molar-refractivity contribution in [3.05, 3.63) is 58.4 Å².